The van der Waals surface area contributed by atoms with E-state index in [0.717, 1.165) is 0 Å². The number of hydrogen-bond acceptors (Lipinski definition) is 6. The summed E-state index contributed by atoms with van der Waals surface area (Å²) in [5, 5.41) is 12.0. The van der Waals surface area contributed by atoms with Crippen LogP contribution in [0.3, 0.4) is 0 Å². The van der Waals surface area contributed by atoms with E-state index in [0.29, 0.717) is 38.6 Å². The molecule has 0 spiro atoms. The van der Waals surface area contributed by atoms with E-state index in [9.17, 15) is 4.79 Å². The minimum atomic E-state index is -0.446. The van der Waals surface area contributed by atoms with E-state index in [2.05, 4.69) is 15.5 Å². The molecule has 0 bridgehead atoms. The van der Waals surface area contributed by atoms with Gasteiger partial charge in [0.25, 0.3) is 0 Å². The number of ether oxygens (including phenoxy) is 1. The van der Waals surface area contributed by atoms with Crippen LogP contribution in [0.4, 0.5) is 5.69 Å². The maximum Gasteiger partial charge on any atom is 0.337 e. The van der Waals surface area contributed by atoms with Crippen LogP contribution in [0.1, 0.15) is 16.2 Å². The Hall–Kier alpha value is -2.57. The lowest BCUT2D eigenvalue weighted by Gasteiger charge is -2.08. The van der Waals surface area contributed by atoms with Crippen LogP contribution in [0.25, 0.3) is 11.5 Å². The number of nitrogens with zero attached hydrogens (tertiary/aromatic N) is 2. The molecule has 0 unspecified atom stereocenters. The van der Waals surface area contributed by atoms with Gasteiger partial charge in [0.05, 0.1) is 40.5 Å². The summed E-state index contributed by atoms with van der Waals surface area (Å²) in [6, 6.07) is 12.0. The summed E-state index contributed by atoms with van der Waals surface area (Å²) < 4.78 is 10.3. The predicted molar refractivity (Wildman–Crippen MR) is 94.9 cm³/mol. The van der Waals surface area contributed by atoms with Crippen molar-refractivity contribution in [2.24, 2.45) is 0 Å². The Labute approximate surface area is 153 Å². The molecule has 1 aromatic heterocycles. The van der Waals surface area contributed by atoms with Crippen molar-refractivity contribution in [3.63, 3.8) is 0 Å². The van der Waals surface area contributed by atoms with Gasteiger partial charge < -0.3 is 14.5 Å². The van der Waals surface area contributed by atoms with Crippen molar-refractivity contribution in [2.45, 2.75) is 6.54 Å². The molecule has 2 aromatic carbocycles. The Morgan fingerprint density at radius 1 is 1.16 bits per heavy atom. The average molecular weight is 378 g/mol. The molecule has 1 heterocycles. The zero-order valence-electron chi connectivity index (χ0n) is 13.1. The minimum Gasteiger partial charge on any atom is -0.465 e. The first-order chi connectivity index (χ1) is 12.1. The van der Waals surface area contributed by atoms with Crippen molar-refractivity contribution in [3.8, 4) is 11.5 Å². The van der Waals surface area contributed by atoms with Gasteiger partial charge in [-0.1, -0.05) is 35.3 Å². The number of carbonyl (C=O) groups excluding carboxylic acids is 1. The summed E-state index contributed by atoms with van der Waals surface area (Å²) >= 11 is 12.3. The van der Waals surface area contributed by atoms with Gasteiger partial charge in [-0.15, -0.1) is 10.2 Å². The van der Waals surface area contributed by atoms with Crippen LogP contribution < -0.4 is 5.32 Å². The molecule has 0 atom stereocenters. The van der Waals surface area contributed by atoms with Crippen LogP contribution in [0.15, 0.2) is 46.9 Å². The van der Waals surface area contributed by atoms with E-state index in [-0.39, 0.29) is 6.54 Å². The number of benzene rings is 2. The van der Waals surface area contributed by atoms with Crippen molar-refractivity contribution in [2.75, 3.05) is 12.4 Å². The van der Waals surface area contributed by atoms with E-state index in [4.69, 9.17) is 32.4 Å². The molecule has 128 valence electrons. The van der Waals surface area contributed by atoms with Crippen molar-refractivity contribution in [1.29, 1.82) is 0 Å². The largest absolute Gasteiger partial charge is 0.465 e. The number of aromatic nitrogens is 2. The van der Waals surface area contributed by atoms with E-state index >= 15 is 0 Å². The summed E-state index contributed by atoms with van der Waals surface area (Å²) in [5.41, 5.74) is 1.60. The molecule has 1 N–H and O–H groups in total. The molecule has 0 radical (unpaired) electrons. The van der Waals surface area contributed by atoms with E-state index in [1.807, 2.05) is 12.1 Å². The van der Waals surface area contributed by atoms with Crippen LogP contribution in [-0.2, 0) is 11.3 Å². The second-order valence-electron chi connectivity index (χ2n) is 5.02. The van der Waals surface area contributed by atoms with Crippen LogP contribution in [-0.4, -0.2) is 23.3 Å². The zero-order chi connectivity index (χ0) is 17.8. The number of carbonyl (C=O) groups is 1. The Morgan fingerprint density at radius 2 is 1.96 bits per heavy atom. The molecular weight excluding hydrogens is 365 g/mol. The van der Waals surface area contributed by atoms with Crippen molar-refractivity contribution >= 4 is 34.9 Å². The summed E-state index contributed by atoms with van der Waals surface area (Å²) in [6.45, 7) is 0.238. The van der Waals surface area contributed by atoms with Crippen molar-refractivity contribution in [1.82, 2.24) is 10.2 Å². The Morgan fingerprint density at radius 3 is 2.72 bits per heavy atom. The molecule has 25 heavy (non-hydrogen) atoms. The third-order valence-corrected chi connectivity index (χ3v) is 4.05. The highest BCUT2D eigenvalue weighted by molar-refractivity contribution is 6.33. The molecule has 3 rings (SSSR count). The number of halogens is 2. The summed E-state index contributed by atoms with van der Waals surface area (Å²) in [6.07, 6.45) is 0. The summed E-state index contributed by atoms with van der Waals surface area (Å²) in [7, 11) is 1.32. The molecule has 6 nitrogen and oxygen atoms in total. The van der Waals surface area contributed by atoms with Gasteiger partial charge in [-0.2, -0.15) is 0 Å². The van der Waals surface area contributed by atoms with Gasteiger partial charge in [-0.05, 0) is 30.3 Å². The van der Waals surface area contributed by atoms with Crippen LogP contribution in [0.2, 0.25) is 10.0 Å². The fourth-order valence-electron chi connectivity index (χ4n) is 2.14. The number of hydrogen-bond donors (Lipinski definition) is 1. The molecule has 0 aliphatic heterocycles. The molecule has 8 heteroatoms. The maximum absolute atomic E-state index is 11.6. The van der Waals surface area contributed by atoms with E-state index < -0.39 is 5.97 Å². The van der Waals surface area contributed by atoms with E-state index in [1.165, 1.54) is 7.11 Å². The third kappa shape index (κ3) is 3.92. The van der Waals surface area contributed by atoms with Crippen LogP contribution >= 0.6 is 23.2 Å². The van der Waals surface area contributed by atoms with E-state index in [1.54, 1.807) is 30.3 Å². The minimum absolute atomic E-state index is 0.238. The molecule has 0 saturated carbocycles. The highest BCUT2D eigenvalue weighted by atomic mass is 35.5. The normalized spacial score (nSPS) is 10.5. The molecule has 0 aliphatic rings. The number of nitrogens with one attached hydrogen (secondary N) is 1. The fourth-order valence-corrected chi connectivity index (χ4v) is 2.55. The van der Waals surface area contributed by atoms with Gasteiger partial charge in [0.15, 0.2) is 0 Å². The van der Waals surface area contributed by atoms with Gasteiger partial charge >= 0.3 is 5.97 Å². The molecular formula is C17H13Cl2N3O3. The first-order valence-corrected chi connectivity index (χ1v) is 8.03. The van der Waals surface area contributed by atoms with Crippen LogP contribution in [0, 0.1) is 0 Å². The average Bonchev–Trinajstić information content (AvgIpc) is 3.09. The van der Waals surface area contributed by atoms with Gasteiger partial charge in [-0.3, -0.25) is 0 Å². The smallest absolute Gasteiger partial charge is 0.337 e. The number of methoxy groups -OCH3 is 1. The lowest BCUT2D eigenvalue weighted by Crippen LogP contribution is -2.04. The van der Waals surface area contributed by atoms with Crippen LogP contribution in [0.5, 0.6) is 0 Å². The number of esters is 1. The highest BCUT2D eigenvalue weighted by Gasteiger charge is 2.13. The molecule has 0 aliphatic carbocycles. The molecule has 0 fully saturated rings. The lowest BCUT2D eigenvalue weighted by atomic mass is 10.2. The second-order valence-corrected chi connectivity index (χ2v) is 5.83. The van der Waals surface area contributed by atoms with Gasteiger partial charge in [0.1, 0.15) is 0 Å². The lowest BCUT2D eigenvalue weighted by molar-refractivity contribution is 0.0601. The Balaban J connectivity index is 1.75. The monoisotopic (exact) mass is 377 g/mol. The summed E-state index contributed by atoms with van der Waals surface area (Å²) in [4.78, 5) is 11.6. The second kappa shape index (κ2) is 7.55. The maximum atomic E-state index is 11.6. The van der Waals surface area contributed by atoms with Gasteiger partial charge in [-0.25, -0.2) is 4.79 Å². The van der Waals surface area contributed by atoms with Crippen molar-refractivity contribution < 1.29 is 13.9 Å². The number of rotatable bonds is 5. The first kappa shape index (κ1) is 17.3. The SMILES string of the molecule is COC(=O)c1ccc(Cl)c(NCc2nnc(-c3ccccc3Cl)o2)c1. The third-order valence-electron chi connectivity index (χ3n) is 3.39. The Bertz CT molecular complexity index is 912. The Kier molecular flexibility index (Phi) is 5.21. The fraction of sp³-hybridized carbons (Fsp3) is 0.118. The topological polar surface area (TPSA) is 77.2 Å². The summed E-state index contributed by atoms with van der Waals surface area (Å²) in [5.74, 6) is 0.241. The zero-order valence-corrected chi connectivity index (χ0v) is 14.6. The molecule has 3 aromatic rings. The first-order valence-electron chi connectivity index (χ1n) is 7.27. The highest BCUT2D eigenvalue weighted by Crippen LogP contribution is 2.27. The number of anilines is 1. The van der Waals surface area contributed by atoms with Crippen molar-refractivity contribution in [3.05, 3.63) is 64.0 Å². The predicted octanol–water partition coefficient (Wildman–Crippen LogP) is 4.44. The standard InChI is InChI=1S/C17H13Cl2N3O3/c1-24-17(23)10-6-7-13(19)14(8-10)20-9-15-21-22-16(25-15)11-4-2-3-5-12(11)18/h2-8,20H,9H2,1H3. The van der Waals surface area contributed by atoms with Gasteiger partial charge in [0.2, 0.25) is 11.8 Å². The van der Waals surface area contributed by atoms with Gasteiger partial charge in [0, 0.05) is 0 Å². The molecule has 0 amide bonds. The molecule has 0 saturated heterocycles. The quantitative estimate of drug-likeness (QED) is 0.662.